The largest absolute Gasteiger partial charge is 0.342 e. The summed E-state index contributed by atoms with van der Waals surface area (Å²) in [5.74, 6) is -1.05. The molecular formula is C16H17BrN2O5S. The van der Waals surface area contributed by atoms with E-state index in [-0.39, 0.29) is 36.4 Å². The molecule has 1 aromatic rings. The Bertz CT molecular complexity index is 867. The third-order valence-electron chi connectivity index (χ3n) is 4.63. The zero-order chi connectivity index (χ0) is 18.4. The smallest absolute Gasteiger partial charge is 0.261 e. The number of fused-ring (bicyclic) bond motifs is 1. The Morgan fingerprint density at radius 1 is 1.28 bits per heavy atom. The Balaban J connectivity index is 1.63. The number of amides is 3. The lowest BCUT2D eigenvalue weighted by Gasteiger charge is -2.24. The number of hydrogen-bond acceptors (Lipinski definition) is 5. The molecule has 1 fully saturated rings. The van der Waals surface area contributed by atoms with Gasteiger partial charge in [0.05, 0.1) is 22.6 Å². The molecule has 134 valence electrons. The molecule has 1 aromatic carbocycles. The van der Waals surface area contributed by atoms with E-state index in [9.17, 15) is 22.8 Å². The summed E-state index contributed by atoms with van der Waals surface area (Å²) < 4.78 is 23.8. The molecule has 0 N–H and O–H groups in total. The quantitative estimate of drug-likeness (QED) is 0.669. The molecule has 1 unspecified atom stereocenters. The Morgan fingerprint density at radius 3 is 2.60 bits per heavy atom. The normalized spacial score (nSPS) is 21.5. The van der Waals surface area contributed by atoms with E-state index < -0.39 is 21.7 Å². The molecular weight excluding hydrogens is 412 g/mol. The van der Waals surface area contributed by atoms with Crippen molar-refractivity contribution in [2.75, 3.05) is 25.1 Å². The molecule has 1 atom stereocenters. The maximum Gasteiger partial charge on any atom is 0.261 e. The van der Waals surface area contributed by atoms with Gasteiger partial charge in [-0.05, 0) is 24.6 Å². The summed E-state index contributed by atoms with van der Waals surface area (Å²) in [6.07, 6.45) is 0.394. The topological polar surface area (TPSA) is 91.8 Å². The van der Waals surface area contributed by atoms with E-state index in [4.69, 9.17) is 0 Å². The molecule has 2 aliphatic rings. The van der Waals surface area contributed by atoms with Crippen LogP contribution in [-0.2, 0) is 14.6 Å². The molecule has 9 heteroatoms. The van der Waals surface area contributed by atoms with E-state index in [1.165, 1.54) is 4.90 Å². The second kappa shape index (κ2) is 6.53. The minimum atomic E-state index is -3.08. The minimum Gasteiger partial charge on any atom is -0.342 e. The summed E-state index contributed by atoms with van der Waals surface area (Å²) in [5.41, 5.74) is 0.651. The second-order valence-electron chi connectivity index (χ2n) is 6.26. The van der Waals surface area contributed by atoms with Gasteiger partial charge in [-0.1, -0.05) is 15.9 Å². The van der Waals surface area contributed by atoms with Gasteiger partial charge in [-0.15, -0.1) is 0 Å². The van der Waals surface area contributed by atoms with Crippen LogP contribution in [0.1, 0.15) is 33.6 Å². The third kappa shape index (κ3) is 3.48. The fourth-order valence-corrected chi connectivity index (χ4v) is 5.27. The Kier molecular flexibility index (Phi) is 4.72. The summed E-state index contributed by atoms with van der Waals surface area (Å²) in [7, 11) is -1.52. The molecule has 0 aromatic heterocycles. The number of imide groups is 1. The highest BCUT2D eigenvalue weighted by molar-refractivity contribution is 9.10. The predicted octanol–water partition coefficient (Wildman–Crippen LogP) is 1.08. The first-order valence-electron chi connectivity index (χ1n) is 7.81. The number of carbonyl (C=O) groups excluding carboxylic acids is 3. The monoisotopic (exact) mass is 428 g/mol. The van der Waals surface area contributed by atoms with Gasteiger partial charge >= 0.3 is 0 Å². The molecule has 2 aliphatic heterocycles. The number of sulfone groups is 1. The molecule has 0 saturated carbocycles. The molecule has 25 heavy (non-hydrogen) atoms. The first kappa shape index (κ1) is 18.1. The minimum absolute atomic E-state index is 0.0212. The standard InChI is InChI=1S/C16H17BrN2O5S/c1-18(11-5-7-25(23,24)9-11)14(20)4-6-19-15(21)12-3-2-10(17)8-13(12)16(19)22/h2-3,8,11H,4-7,9H2,1H3. The third-order valence-corrected chi connectivity index (χ3v) is 6.88. The van der Waals surface area contributed by atoms with E-state index in [2.05, 4.69) is 15.9 Å². The summed E-state index contributed by atoms with van der Waals surface area (Å²) in [6, 6.07) is 4.52. The van der Waals surface area contributed by atoms with Gasteiger partial charge in [-0.25, -0.2) is 8.42 Å². The number of halogens is 1. The van der Waals surface area contributed by atoms with Gasteiger partial charge < -0.3 is 4.90 Å². The average Bonchev–Trinajstić information content (AvgIpc) is 3.03. The van der Waals surface area contributed by atoms with E-state index in [0.29, 0.717) is 22.0 Å². The molecule has 3 amide bonds. The average molecular weight is 429 g/mol. The lowest BCUT2D eigenvalue weighted by atomic mass is 10.1. The van der Waals surface area contributed by atoms with E-state index >= 15 is 0 Å². The van der Waals surface area contributed by atoms with Crippen molar-refractivity contribution in [3.63, 3.8) is 0 Å². The zero-order valence-electron chi connectivity index (χ0n) is 13.6. The number of benzene rings is 1. The first-order valence-corrected chi connectivity index (χ1v) is 10.4. The van der Waals surface area contributed by atoms with Gasteiger partial charge in [0, 0.05) is 30.5 Å². The SMILES string of the molecule is CN(C(=O)CCN1C(=O)c2ccc(Br)cc2C1=O)C1CCS(=O)(=O)C1. The van der Waals surface area contributed by atoms with Crippen molar-refractivity contribution in [2.45, 2.75) is 18.9 Å². The summed E-state index contributed by atoms with van der Waals surface area (Å²) in [4.78, 5) is 39.5. The Hall–Kier alpha value is -1.74. The molecule has 0 aliphatic carbocycles. The number of carbonyl (C=O) groups is 3. The van der Waals surface area contributed by atoms with Gasteiger partial charge in [-0.3, -0.25) is 19.3 Å². The van der Waals surface area contributed by atoms with Crippen LogP contribution in [-0.4, -0.2) is 67.1 Å². The van der Waals surface area contributed by atoms with Crippen molar-refractivity contribution in [1.82, 2.24) is 9.80 Å². The second-order valence-corrected chi connectivity index (χ2v) is 9.41. The van der Waals surface area contributed by atoms with E-state index in [1.807, 2.05) is 0 Å². The number of nitrogens with zero attached hydrogens (tertiary/aromatic N) is 2. The fourth-order valence-electron chi connectivity index (χ4n) is 3.13. The molecule has 2 heterocycles. The number of hydrogen-bond donors (Lipinski definition) is 0. The highest BCUT2D eigenvalue weighted by Gasteiger charge is 2.37. The highest BCUT2D eigenvalue weighted by Crippen LogP contribution is 2.26. The van der Waals surface area contributed by atoms with Crippen LogP contribution in [0.5, 0.6) is 0 Å². The summed E-state index contributed by atoms with van der Waals surface area (Å²) >= 11 is 3.27. The van der Waals surface area contributed by atoms with Crippen molar-refractivity contribution >= 4 is 43.5 Å². The van der Waals surface area contributed by atoms with Crippen molar-refractivity contribution in [1.29, 1.82) is 0 Å². The maximum atomic E-state index is 12.4. The molecule has 7 nitrogen and oxygen atoms in total. The van der Waals surface area contributed by atoms with Gasteiger partial charge in [-0.2, -0.15) is 0 Å². The van der Waals surface area contributed by atoms with Crippen molar-refractivity contribution in [3.8, 4) is 0 Å². The molecule has 0 radical (unpaired) electrons. The van der Waals surface area contributed by atoms with Gasteiger partial charge in [0.25, 0.3) is 11.8 Å². The summed E-state index contributed by atoms with van der Waals surface area (Å²) in [6.45, 7) is -0.0212. The molecule has 3 rings (SSSR count). The van der Waals surface area contributed by atoms with Crippen molar-refractivity contribution in [2.24, 2.45) is 0 Å². The number of rotatable bonds is 4. The highest BCUT2D eigenvalue weighted by atomic mass is 79.9. The van der Waals surface area contributed by atoms with E-state index in [1.54, 1.807) is 25.2 Å². The van der Waals surface area contributed by atoms with Crippen LogP contribution in [0.4, 0.5) is 0 Å². The van der Waals surface area contributed by atoms with Gasteiger partial charge in [0.2, 0.25) is 5.91 Å². The summed E-state index contributed by atoms with van der Waals surface area (Å²) in [5, 5.41) is 0. The maximum absolute atomic E-state index is 12.4. The van der Waals surface area contributed by atoms with Crippen LogP contribution in [0, 0.1) is 0 Å². The van der Waals surface area contributed by atoms with Crippen molar-refractivity contribution < 1.29 is 22.8 Å². The lowest BCUT2D eigenvalue weighted by Crippen LogP contribution is -2.40. The predicted molar refractivity (Wildman–Crippen MR) is 94.0 cm³/mol. The van der Waals surface area contributed by atoms with Gasteiger partial charge in [0.1, 0.15) is 0 Å². The van der Waals surface area contributed by atoms with Crippen LogP contribution < -0.4 is 0 Å². The van der Waals surface area contributed by atoms with Crippen LogP contribution in [0.15, 0.2) is 22.7 Å². The zero-order valence-corrected chi connectivity index (χ0v) is 16.0. The molecule has 1 saturated heterocycles. The fraction of sp³-hybridized carbons (Fsp3) is 0.438. The van der Waals surface area contributed by atoms with Crippen molar-refractivity contribution in [3.05, 3.63) is 33.8 Å². The van der Waals surface area contributed by atoms with Crippen LogP contribution in [0.3, 0.4) is 0 Å². The van der Waals surface area contributed by atoms with Gasteiger partial charge in [0.15, 0.2) is 9.84 Å². The lowest BCUT2D eigenvalue weighted by molar-refractivity contribution is -0.131. The van der Waals surface area contributed by atoms with Crippen LogP contribution in [0.25, 0.3) is 0 Å². The Morgan fingerprint density at radius 2 is 1.96 bits per heavy atom. The van der Waals surface area contributed by atoms with Crippen LogP contribution >= 0.6 is 15.9 Å². The molecule has 0 bridgehead atoms. The Labute approximate surface area is 154 Å². The first-order chi connectivity index (χ1) is 11.7. The molecule has 0 spiro atoms. The van der Waals surface area contributed by atoms with E-state index in [0.717, 1.165) is 4.90 Å². The van der Waals surface area contributed by atoms with Crippen LogP contribution in [0.2, 0.25) is 0 Å².